The Morgan fingerprint density at radius 1 is 1.03 bits per heavy atom. The number of Topliss-reactive ketones (excluding diaryl/α,β-unsaturated/α-hetero) is 2. The smallest absolute Gasteiger partial charge is 0.303 e. The second-order valence-electron chi connectivity index (χ2n) is 10.8. The van der Waals surface area contributed by atoms with E-state index < -0.39 is 12.1 Å². The van der Waals surface area contributed by atoms with Crippen LogP contribution in [0.15, 0.2) is 11.6 Å². The first-order valence-corrected chi connectivity index (χ1v) is 11.7. The van der Waals surface area contributed by atoms with E-state index >= 15 is 0 Å². The van der Waals surface area contributed by atoms with E-state index in [1.54, 1.807) is 0 Å². The molecule has 7 atom stereocenters. The maximum absolute atomic E-state index is 13.3. The largest absolute Gasteiger partial charge is 0.458 e. The third-order valence-corrected chi connectivity index (χ3v) is 9.60. The molecule has 31 heavy (non-hydrogen) atoms. The highest BCUT2D eigenvalue weighted by Crippen LogP contribution is 2.81. The Labute approximate surface area is 183 Å². The van der Waals surface area contributed by atoms with Crippen LogP contribution < -0.4 is 0 Å². The minimum atomic E-state index is -0.575. The van der Waals surface area contributed by atoms with Gasteiger partial charge in [-0.05, 0) is 68.6 Å². The summed E-state index contributed by atoms with van der Waals surface area (Å²) in [5.41, 5.74) is 0.995. The lowest BCUT2D eigenvalue weighted by Crippen LogP contribution is -2.48. The molecule has 6 nitrogen and oxygen atoms in total. The second-order valence-corrected chi connectivity index (χ2v) is 10.8. The third-order valence-electron chi connectivity index (χ3n) is 9.60. The molecule has 0 spiro atoms. The van der Waals surface area contributed by atoms with Crippen LogP contribution in [0.5, 0.6) is 0 Å². The summed E-state index contributed by atoms with van der Waals surface area (Å²) in [5.74, 6) is 0.196. The lowest BCUT2D eigenvalue weighted by Gasteiger charge is -2.51. The maximum Gasteiger partial charge on any atom is 0.303 e. The van der Waals surface area contributed by atoms with Crippen molar-refractivity contribution in [3.8, 4) is 0 Å². The van der Waals surface area contributed by atoms with E-state index in [0.717, 1.165) is 44.9 Å². The Morgan fingerprint density at radius 2 is 1.77 bits per heavy atom. The van der Waals surface area contributed by atoms with Crippen molar-refractivity contribution in [2.75, 3.05) is 6.61 Å². The number of carbonyl (C=O) groups excluding carboxylic acids is 4. The van der Waals surface area contributed by atoms with Gasteiger partial charge in [0.25, 0.3) is 0 Å². The van der Waals surface area contributed by atoms with Gasteiger partial charge in [0.15, 0.2) is 17.7 Å². The quantitative estimate of drug-likeness (QED) is 0.503. The third kappa shape index (κ3) is 2.75. The van der Waals surface area contributed by atoms with Crippen LogP contribution in [0, 0.1) is 34.0 Å². The minimum absolute atomic E-state index is 0.0369. The molecule has 0 saturated heterocycles. The van der Waals surface area contributed by atoms with Gasteiger partial charge in [-0.2, -0.15) is 0 Å². The van der Waals surface area contributed by atoms with Crippen molar-refractivity contribution in [1.82, 2.24) is 0 Å². The average molecular weight is 429 g/mol. The van der Waals surface area contributed by atoms with Crippen molar-refractivity contribution in [2.24, 2.45) is 34.0 Å². The van der Waals surface area contributed by atoms with Crippen LogP contribution in [-0.4, -0.2) is 36.2 Å². The van der Waals surface area contributed by atoms with Gasteiger partial charge in [0.05, 0.1) is 0 Å². The predicted molar refractivity (Wildman–Crippen MR) is 111 cm³/mol. The Kier molecular flexibility index (Phi) is 4.56. The summed E-state index contributed by atoms with van der Waals surface area (Å²) in [6, 6.07) is 0. The first-order valence-electron chi connectivity index (χ1n) is 11.7. The van der Waals surface area contributed by atoms with Crippen LogP contribution in [0.1, 0.15) is 72.1 Å². The van der Waals surface area contributed by atoms with Gasteiger partial charge in [0, 0.05) is 30.6 Å². The number of carbonyl (C=O) groups is 4. The van der Waals surface area contributed by atoms with Crippen LogP contribution >= 0.6 is 0 Å². The highest BCUT2D eigenvalue weighted by atomic mass is 16.5. The van der Waals surface area contributed by atoms with Gasteiger partial charge in [-0.15, -0.1) is 0 Å². The van der Waals surface area contributed by atoms with Gasteiger partial charge in [0.1, 0.15) is 6.61 Å². The molecule has 0 aromatic rings. The number of hydrogen-bond donors (Lipinski definition) is 0. The Balaban J connectivity index is 1.39. The molecule has 0 aliphatic heterocycles. The number of fused-ring (bicyclic) bond motifs is 3. The topological polar surface area (TPSA) is 86.7 Å². The summed E-state index contributed by atoms with van der Waals surface area (Å²) < 4.78 is 10.4. The van der Waals surface area contributed by atoms with E-state index in [1.165, 1.54) is 19.4 Å². The molecule has 5 rings (SSSR count). The van der Waals surface area contributed by atoms with Crippen molar-refractivity contribution in [2.45, 2.75) is 78.2 Å². The van der Waals surface area contributed by atoms with Crippen LogP contribution in [0.2, 0.25) is 0 Å². The predicted octanol–water partition coefficient (Wildman–Crippen LogP) is 3.56. The van der Waals surface area contributed by atoms with Crippen LogP contribution in [-0.2, 0) is 28.7 Å². The van der Waals surface area contributed by atoms with Gasteiger partial charge in [-0.1, -0.05) is 18.6 Å². The van der Waals surface area contributed by atoms with Crippen molar-refractivity contribution in [3.05, 3.63) is 11.6 Å². The van der Waals surface area contributed by atoms with Crippen molar-refractivity contribution < 1.29 is 28.7 Å². The standard InChI is InChI=1S/C25H32O6/c1-14(26)30-12-20(28)19-5-4-17-16-6-10-25-13-24(25,18(16)7-9-23(17,19)3)11-8-21(22(25)29)31-15(2)27/h7,16-17,19,21H,4-6,8-13H2,1-3H3/t16-,17-,19+,21-,23-,24-,25-/m0/s1. The summed E-state index contributed by atoms with van der Waals surface area (Å²) >= 11 is 0. The molecule has 0 radical (unpaired) electrons. The van der Waals surface area contributed by atoms with Gasteiger partial charge < -0.3 is 9.47 Å². The fourth-order valence-corrected chi connectivity index (χ4v) is 8.25. The zero-order chi connectivity index (χ0) is 22.2. The lowest BCUT2D eigenvalue weighted by molar-refractivity contribution is -0.159. The molecule has 0 aromatic carbocycles. The van der Waals surface area contributed by atoms with Crippen molar-refractivity contribution in [3.63, 3.8) is 0 Å². The molecule has 6 heteroatoms. The summed E-state index contributed by atoms with van der Waals surface area (Å²) in [6.07, 6.45) is 8.77. The van der Waals surface area contributed by atoms with E-state index in [9.17, 15) is 19.2 Å². The fourth-order valence-electron chi connectivity index (χ4n) is 8.25. The highest BCUT2D eigenvalue weighted by molar-refractivity contribution is 5.96. The molecule has 5 aliphatic rings. The molecular weight excluding hydrogens is 396 g/mol. The zero-order valence-electron chi connectivity index (χ0n) is 18.7. The second kappa shape index (κ2) is 6.76. The van der Waals surface area contributed by atoms with E-state index in [4.69, 9.17) is 9.47 Å². The van der Waals surface area contributed by atoms with Crippen molar-refractivity contribution >= 4 is 23.5 Å². The number of rotatable bonds is 4. The number of allylic oxidation sites excluding steroid dienone is 2. The Bertz CT molecular complexity index is 904. The maximum atomic E-state index is 13.3. The summed E-state index contributed by atoms with van der Waals surface area (Å²) in [4.78, 5) is 48.8. The zero-order valence-corrected chi connectivity index (χ0v) is 18.7. The summed E-state index contributed by atoms with van der Waals surface area (Å²) in [7, 11) is 0. The highest BCUT2D eigenvalue weighted by Gasteiger charge is 2.78. The molecule has 0 N–H and O–H groups in total. The van der Waals surface area contributed by atoms with E-state index in [2.05, 4.69) is 13.0 Å². The van der Waals surface area contributed by atoms with E-state index in [0.29, 0.717) is 18.3 Å². The molecular formula is C25H32O6. The first kappa shape index (κ1) is 20.9. The summed E-state index contributed by atoms with van der Waals surface area (Å²) in [6.45, 7) is 4.83. The normalized spacial score (nSPS) is 44.7. The molecule has 4 fully saturated rings. The van der Waals surface area contributed by atoms with Gasteiger partial charge in [-0.3, -0.25) is 19.2 Å². The minimum Gasteiger partial charge on any atom is -0.458 e. The van der Waals surface area contributed by atoms with Crippen molar-refractivity contribution in [1.29, 1.82) is 0 Å². The average Bonchev–Trinajstić information content (AvgIpc) is 3.30. The molecule has 0 amide bonds. The molecule has 0 aromatic heterocycles. The molecule has 0 bridgehead atoms. The first-order chi connectivity index (χ1) is 14.6. The Morgan fingerprint density at radius 3 is 2.48 bits per heavy atom. The van der Waals surface area contributed by atoms with Crippen LogP contribution in [0.25, 0.3) is 0 Å². The molecule has 4 saturated carbocycles. The SMILES string of the molecule is CC(=O)OCC(=O)[C@H]1CC[C@H]2[C@@H]3CC[C@@]45C[C@@]4(CC[C@H](OC(C)=O)C5=O)C3=CC[C@]12C. The monoisotopic (exact) mass is 428 g/mol. The lowest BCUT2D eigenvalue weighted by atomic mass is 9.53. The van der Waals surface area contributed by atoms with E-state index in [1.807, 2.05) is 0 Å². The number of ketones is 2. The number of ether oxygens (including phenoxy) is 2. The van der Waals surface area contributed by atoms with E-state index in [-0.39, 0.29) is 46.3 Å². The summed E-state index contributed by atoms with van der Waals surface area (Å²) in [5, 5.41) is 0. The van der Waals surface area contributed by atoms with Gasteiger partial charge in [0.2, 0.25) is 0 Å². The number of esters is 2. The fraction of sp³-hybridized carbons (Fsp3) is 0.760. The molecule has 168 valence electrons. The van der Waals surface area contributed by atoms with Crippen LogP contribution in [0.3, 0.4) is 0 Å². The molecule has 5 aliphatic carbocycles. The molecule has 0 heterocycles. The van der Waals surface area contributed by atoms with Crippen LogP contribution in [0.4, 0.5) is 0 Å². The van der Waals surface area contributed by atoms with Gasteiger partial charge >= 0.3 is 11.9 Å². The number of hydrogen-bond acceptors (Lipinski definition) is 6. The van der Waals surface area contributed by atoms with Gasteiger partial charge in [-0.25, -0.2) is 0 Å². The molecule has 0 unspecified atom stereocenters. The Hall–Kier alpha value is -1.98.